The number of nitrogens with zero attached hydrogens (tertiary/aromatic N) is 2. The predicted molar refractivity (Wildman–Crippen MR) is 91.1 cm³/mol. The number of likely N-dealkylation sites (tertiary alicyclic amines) is 1. The maximum atomic E-state index is 12.5. The van der Waals surface area contributed by atoms with Crippen LogP contribution in [0.25, 0.3) is 0 Å². The largest absolute Gasteiger partial charge is 0.360 e. The number of nitrogens with one attached hydrogen (secondary N) is 2. The Labute approximate surface area is 147 Å². The van der Waals surface area contributed by atoms with Gasteiger partial charge >= 0.3 is 0 Å². The van der Waals surface area contributed by atoms with Crippen LogP contribution in [-0.2, 0) is 4.79 Å². The van der Waals surface area contributed by atoms with Crippen LogP contribution < -0.4 is 10.6 Å². The molecule has 1 unspecified atom stereocenters. The Morgan fingerprint density at radius 1 is 1.24 bits per heavy atom. The Morgan fingerprint density at radius 2 is 2.04 bits per heavy atom. The van der Waals surface area contributed by atoms with Crippen LogP contribution in [-0.4, -0.2) is 54.1 Å². The lowest BCUT2D eigenvalue weighted by Crippen LogP contribution is -2.39. The summed E-state index contributed by atoms with van der Waals surface area (Å²) >= 11 is 0. The van der Waals surface area contributed by atoms with Crippen molar-refractivity contribution in [2.75, 3.05) is 26.2 Å². The van der Waals surface area contributed by atoms with Gasteiger partial charge in [-0.15, -0.1) is 0 Å². The summed E-state index contributed by atoms with van der Waals surface area (Å²) in [4.78, 5) is 26.7. The average Bonchev–Trinajstić information content (AvgIpc) is 3.16. The van der Waals surface area contributed by atoms with Crippen molar-refractivity contribution in [3.8, 4) is 0 Å². The van der Waals surface area contributed by atoms with Gasteiger partial charge in [-0.1, -0.05) is 5.16 Å². The molecule has 1 saturated carbocycles. The highest BCUT2D eigenvalue weighted by Gasteiger charge is 2.31. The van der Waals surface area contributed by atoms with Gasteiger partial charge in [-0.25, -0.2) is 0 Å². The van der Waals surface area contributed by atoms with Gasteiger partial charge in [0, 0.05) is 37.5 Å². The van der Waals surface area contributed by atoms with E-state index in [4.69, 9.17) is 4.52 Å². The number of piperidine rings is 1. The van der Waals surface area contributed by atoms with Gasteiger partial charge in [0.25, 0.3) is 5.91 Å². The average molecular weight is 346 g/mol. The van der Waals surface area contributed by atoms with Crippen LogP contribution in [0.1, 0.15) is 60.7 Å². The molecule has 0 aromatic carbocycles. The summed E-state index contributed by atoms with van der Waals surface area (Å²) in [7, 11) is 0. The zero-order chi connectivity index (χ0) is 17.2. The Morgan fingerprint density at radius 3 is 2.80 bits per heavy atom. The molecule has 7 nitrogen and oxygen atoms in total. The third-order valence-corrected chi connectivity index (χ3v) is 5.54. The van der Waals surface area contributed by atoms with Crippen LogP contribution in [0, 0.1) is 5.92 Å². The summed E-state index contributed by atoms with van der Waals surface area (Å²) in [6, 6.07) is 1.76. The van der Waals surface area contributed by atoms with E-state index in [1.807, 2.05) is 4.90 Å². The van der Waals surface area contributed by atoms with Crippen molar-refractivity contribution in [1.29, 1.82) is 0 Å². The minimum atomic E-state index is -0.201. The quantitative estimate of drug-likeness (QED) is 0.838. The molecule has 3 fully saturated rings. The molecule has 136 valence electrons. The first kappa shape index (κ1) is 16.6. The number of carbonyl (C=O) groups is 2. The van der Waals surface area contributed by atoms with E-state index in [0.29, 0.717) is 30.5 Å². The first-order valence-electron chi connectivity index (χ1n) is 9.45. The molecule has 1 aliphatic carbocycles. The molecule has 2 N–H and O–H groups in total. The van der Waals surface area contributed by atoms with Gasteiger partial charge in [0.1, 0.15) is 5.76 Å². The molecule has 2 amide bonds. The lowest BCUT2D eigenvalue weighted by Gasteiger charge is -2.24. The van der Waals surface area contributed by atoms with E-state index in [0.717, 1.165) is 57.5 Å². The Bertz CT molecular complexity index is 634. The molecule has 4 rings (SSSR count). The monoisotopic (exact) mass is 346 g/mol. The van der Waals surface area contributed by atoms with Crippen molar-refractivity contribution in [3.05, 3.63) is 17.5 Å². The highest BCUT2D eigenvalue weighted by atomic mass is 16.5. The molecule has 1 aromatic heterocycles. The smallest absolute Gasteiger partial charge is 0.273 e. The zero-order valence-corrected chi connectivity index (χ0v) is 14.5. The molecule has 0 spiro atoms. The van der Waals surface area contributed by atoms with Crippen molar-refractivity contribution < 1.29 is 14.1 Å². The molecule has 0 bridgehead atoms. The van der Waals surface area contributed by atoms with Crippen LogP contribution in [0.4, 0.5) is 0 Å². The molecule has 7 heteroatoms. The lowest BCUT2D eigenvalue weighted by molar-refractivity contribution is -0.131. The zero-order valence-electron chi connectivity index (χ0n) is 14.5. The summed E-state index contributed by atoms with van der Waals surface area (Å²) < 4.78 is 5.24. The van der Waals surface area contributed by atoms with Crippen molar-refractivity contribution >= 4 is 11.8 Å². The van der Waals surface area contributed by atoms with Gasteiger partial charge in [0.15, 0.2) is 5.69 Å². The van der Waals surface area contributed by atoms with E-state index in [1.54, 1.807) is 6.07 Å². The summed E-state index contributed by atoms with van der Waals surface area (Å²) in [6.07, 6.45) is 5.83. The minimum Gasteiger partial charge on any atom is -0.360 e. The van der Waals surface area contributed by atoms with E-state index in [1.165, 1.54) is 0 Å². The Balaban J connectivity index is 1.25. The Kier molecular flexibility index (Phi) is 4.74. The number of carbonyl (C=O) groups excluding carboxylic acids is 2. The summed E-state index contributed by atoms with van der Waals surface area (Å²) in [5, 5.41) is 10.2. The highest BCUT2D eigenvalue weighted by Crippen LogP contribution is 2.40. The molecular formula is C18H26N4O3. The van der Waals surface area contributed by atoms with Gasteiger partial charge in [-0.2, -0.15) is 0 Å². The van der Waals surface area contributed by atoms with Gasteiger partial charge in [-0.05, 0) is 51.1 Å². The second-order valence-electron chi connectivity index (χ2n) is 7.59. The van der Waals surface area contributed by atoms with E-state index >= 15 is 0 Å². The lowest BCUT2D eigenvalue weighted by atomic mass is 9.94. The van der Waals surface area contributed by atoms with Crippen LogP contribution >= 0.6 is 0 Å². The fourth-order valence-electron chi connectivity index (χ4n) is 3.78. The van der Waals surface area contributed by atoms with Crippen LogP contribution in [0.5, 0.6) is 0 Å². The first-order valence-corrected chi connectivity index (χ1v) is 9.45. The fraction of sp³-hybridized carbons (Fsp3) is 0.722. The molecule has 1 aromatic rings. The van der Waals surface area contributed by atoms with Crippen molar-refractivity contribution in [3.63, 3.8) is 0 Å². The molecule has 0 radical (unpaired) electrons. The van der Waals surface area contributed by atoms with Gasteiger partial charge in [-0.3, -0.25) is 9.59 Å². The number of amides is 2. The van der Waals surface area contributed by atoms with Crippen molar-refractivity contribution in [2.45, 2.75) is 50.5 Å². The third kappa shape index (κ3) is 4.03. The summed E-state index contributed by atoms with van der Waals surface area (Å²) in [5.74, 6) is 1.78. The first-order chi connectivity index (χ1) is 12.2. The third-order valence-electron chi connectivity index (χ3n) is 5.54. The molecule has 1 atom stereocenters. The molecule has 3 heterocycles. The van der Waals surface area contributed by atoms with E-state index in [-0.39, 0.29) is 17.9 Å². The van der Waals surface area contributed by atoms with Crippen molar-refractivity contribution in [2.24, 2.45) is 5.92 Å². The van der Waals surface area contributed by atoms with Crippen molar-refractivity contribution in [1.82, 2.24) is 20.7 Å². The topological polar surface area (TPSA) is 87.5 Å². The SMILES string of the molecule is O=C(NC1CCN(C(=O)CC2CCNCC2)C1)c1cc(C2CC2)on1. The van der Waals surface area contributed by atoms with E-state index in [9.17, 15) is 9.59 Å². The predicted octanol–water partition coefficient (Wildman–Crippen LogP) is 1.27. The summed E-state index contributed by atoms with van der Waals surface area (Å²) in [5.41, 5.74) is 0.349. The maximum Gasteiger partial charge on any atom is 0.273 e. The minimum absolute atomic E-state index is 0.00514. The van der Waals surface area contributed by atoms with E-state index in [2.05, 4.69) is 15.8 Å². The van der Waals surface area contributed by atoms with Crippen LogP contribution in [0.2, 0.25) is 0 Å². The fourth-order valence-corrected chi connectivity index (χ4v) is 3.78. The van der Waals surface area contributed by atoms with Gasteiger partial charge in [0.05, 0.1) is 0 Å². The summed E-state index contributed by atoms with van der Waals surface area (Å²) in [6.45, 7) is 3.35. The van der Waals surface area contributed by atoms with Crippen LogP contribution in [0.15, 0.2) is 10.6 Å². The highest BCUT2D eigenvalue weighted by molar-refractivity contribution is 5.92. The molecule has 3 aliphatic rings. The standard InChI is InChI=1S/C18H26N4O3/c23-17(9-12-3-6-19-7-4-12)22-8-5-14(11-22)20-18(24)15-10-16(25-21-15)13-1-2-13/h10,12-14,19H,1-9,11H2,(H,20,24). The number of aromatic nitrogens is 1. The molecule has 25 heavy (non-hydrogen) atoms. The molecule has 2 aliphatic heterocycles. The van der Waals surface area contributed by atoms with Crippen LogP contribution in [0.3, 0.4) is 0 Å². The van der Waals surface area contributed by atoms with Gasteiger partial charge in [0.2, 0.25) is 5.91 Å². The second kappa shape index (κ2) is 7.15. The maximum absolute atomic E-state index is 12.5. The Hall–Kier alpha value is -1.89. The number of hydrogen-bond donors (Lipinski definition) is 2. The van der Waals surface area contributed by atoms with E-state index < -0.39 is 0 Å². The number of rotatable bonds is 5. The molecular weight excluding hydrogens is 320 g/mol. The molecule has 2 saturated heterocycles. The second-order valence-corrected chi connectivity index (χ2v) is 7.59. The normalized spacial score (nSPS) is 24.5. The number of hydrogen-bond acceptors (Lipinski definition) is 5. The van der Waals surface area contributed by atoms with Gasteiger partial charge < -0.3 is 20.1 Å².